The molecule has 0 fully saturated rings. The number of allylic oxidation sites excluding steroid dienone is 12. The van der Waals surface area contributed by atoms with Crippen LogP contribution in [0.15, 0.2) is 139 Å². The topological polar surface area (TPSA) is 90.1 Å². The van der Waals surface area contributed by atoms with Crippen molar-refractivity contribution in [1.29, 1.82) is 0 Å². The van der Waals surface area contributed by atoms with Gasteiger partial charge in [-0.25, -0.2) is 0 Å². The van der Waals surface area contributed by atoms with Crippen molar-refractivity contribution in [3.05, 3.63) is 194 Å². The highest BCUT2D eigenvalue weighted by Gasteiger charge is 2.21. The average Bonchev–Trinajstić information content (AvgIpc) is 3.30. The third-order valence-electron chi connectivity index (χ3n) is 11.6. The molecule has 59 heavy (non-hydrogen) atoms. The predicted molar refractivity (Wildman–Crippen MR) is 258 cm³/mol. The average molecular weight is 781 g/mol. The Bertz CT molecular complexity index is 2280. The van der Waals surface area contributed by atoms with Gasteiger partial charge < -0.3 is 11.5 Å². The summed E-state index contributed by atoms with van der Waals surface area (Å²) in [6.45, 7) is 6.02. The molecule has 4 aromatic rings. The Hall–Kier alpha value is -5.68. The molecule has 0 spiro atoms. The molecular weight excluding hydrogens is 717 g/mol. The van der Waals surface area contributed by atoms with E-state index in [1.165, 1.54) is 62.9 Å². The van der Waals surface area contributed by atoms with Crippen molar-refractivity contribution in [2.45, 2.75) is 97.4 Å². The van der Waals surface area contributed by atoms with E-state index in [2.05, 4.69) is 127 Å². The molecule has 0 saturated carbocycles. The molecule has 4 aliphatic carbocycles. The summed E-state index contributed by atoms with van der Waals surface area (Å²) in [4.78, 5) is 0. The van der Waals surface area contributed by atoms with Crippen LogP contribution in [0.3, 0.4) is 0 Å². The number of nitrogens with two attached hydrogens (primary N) is 3. The third-order valence-corrected chi connectivity index (χ3v) is 11.6. The van der Waals surface area contributed by atoms with E-state index in [4.69, 9.17) is 17.3 Å². The van der Waals surface area contributed by atoms with Gasteiger partial charge in [0.25, 0.3) is 0 Å². The number of benzene rings is 4. The largest absolute Gasteiger partial charge is 0.397 e. The molecule has 1 unspecified atom stereocenters. The van der Waals surface area contributed by atoms with Crippen LogP contribution in [0.25, 0.3) is 29.9 Å². The van der Waals surface area contributed by atoms with Crippen molar-refractivity contribution >= 4 is 41.3 Å². The first kappa shape index (κ1) is 42.9. The molecule has 0 bridgehead atoms. The van der Waals surface area contributed by atoms with E-state index >= 15 is 0 Å². The molecule has 4 heteroatoms. The molecule has 4 aromatic carbocycles. The third kappa shape index (κ3) is 11.5. The molecule has 0 heterocycles. The first-order chi connectivity index (χ1) is 29.0. The number of hydrazine groups is 1. The van der Waals surface area contributed by atoms with Gasteiger partial charge in [0.05, 0.1) is 11.4 Å². The van der Waals surface area contributed by atoms with Gasteiger partial charge in [0.1, 0.15) is 0 Å². The van der Waals surface area contributed by atoms with Crippen molar-refractivity contribution in [3.8, 4) is 0 Å². The van der Waals surface area contributed by atoms with Gasteiger partial charge in [-0.15, -0.1) is 0 Å². The summed E-state index contributed by atoms with van der Waals surface area (Å²) in [5.74, 6) is 5.25. The minimum atomic E-state index is 0.237. The van der Waals surface area contributed by atoms with Crippen LogP contribution in [-0.4, -0.2) is 0 Å². The Labute approximate surface area is 354 Å². The molecule has 0 saturated heterocycles. The molecule has 4 nitrogen and oxygen atoms in total. The maximum atomic E-state index is 6.51. The van der Waals surface area contributed by atoms with Crippen LogP contribution in [0.2, 0.25) is 0 Å². The lowest BCUT2D eigenvalue weighted by Crippen LogP contribution is -2.25. The molecule has 0 aromatic heterocycles. The second kappa shape index (κ2) is 21.9. The van der Waals surface area contributed by atoms with Crippen molar-refractivity contribution in [3.63, 3.8) is 0 Å². The molecule has 0 amide bonds. The summed E-state index contributed by atoms with van der Waals surface area (Å²) in [5, 5.41) is 0. The van der Waals surface area contributed by atoms with Gasteiger partial charge in [0.2, 0.25) is 0 Å². The monoisotopic (exact) mass is 781 g/mol. The molecule has 4 aliphatic rings. The molecule has 8 rings (SSSR count). The van der Waals surface area contributed by atoms with Gasteiger partial charge in [-0.05, 0) is 150 Å². The zero-order valence-electron chi connectivity index (χ0n) is 35.5. The summed E-state index contributed by atoms with van der Waals surface area (Å²) in [7, 11) is 0. The summed E-state index contributed by atoms with van der Waals surface area (Å²) in [6.07, 6.45) is 41.5. The van der Waals surface area contributed by atoms with E-state index in [-0.39, 0.29) is 6.04 Å². The second-order valence-corrected chi connectivity index (χ2v) is 15.6. The maximum absolute atomic E-state index is 6.51. The fourth-order valence-corrected chi connectivity index (χ4v) is 8.23. The highest BCUT2D eigenvalue weighted by atomic mass is 15.2. The van der Waals surface area contributed by atoms with Gasteiger partial charge >= 0.3 is 0 Å². The molecular formula is C55H64N4. The van der Waals surface area contributed by atoms with Crippen molar-refractivity contribution < 1.29 is 0 Å². The van der Waals surface area contributed by atoms with Crippen molar-refractivity contribution in [2.75, 3.05) is 11.5 Å². The number of hydrogen-bond donors (Lipinski definition) is 4. The summed E-state index contributed by atoms with van der Waals surface area (Å²) in [6, 6.07) is 25.9. The van der Waals surface area contributed by atoms with E-state index in [0.717, 1.165) is 68.9 Å². The smallest absolute Gasteiger partial charge is 0.0627 e. The SMILES string of the molecule is CC.CC(NN)c1ccccc1.Nc1c(/C=C\CC2=CC=C(c3cc4c(c5c3C=CCC5)CCC=C4)CC2)ccc(/C=C\Cc2ccc(CC3=CCCC=C3)cc2)c1N. The fraction of sp³-hybridized carbons (Fsp3) is 0.273. The lowest BCUT2D eigenvalue weighted by Gasteiger charge is -2.25. The minimum Gasteiger partial charge on any atom is -0.397 e. The van der Waals surface area contributed by atoms with E-state index in [1.54, 1.807) is 11.1 Å². The maximum Gasteiger partial charge on any atom is 0.0627 e. The Morgan fingerprint density at radius 3 is 1.98 bits per heavy atom. The first-order valence-corrected chi connectivity index (χ1v) is 21.8. The Kier molecular flexibility index (Phi) is 15.9. The van der Waals surface area contributed by atoms with Gasteiger partial charge in [-0.2, -0.15) is 0 Å². The summed E-state index contributed by atoms with van der Waals surface area (Å²) >= 11 is 0. The first-order valence-electron chi connectivity index (χ1n) is 21.8. The number of fused-ring (bicyclic) bond motifs is 3. The van der Waals surface area contributed by atoms with Crippen LogP contribution in [0.5, 0.6) is 0 Å². The molecule has 0 aliphatic heterocycles. The summed E-state index contributed by atoms with van der Waals surface area (Å²) < 4.78 is 0. The molecule has 0 radical (unpaired) electrons. The van der Waals surface area contributed by atoms with Gasteiger partial charge in [0, 0.05) is 6.04 Å². The van der Waals surface area contributed by atoms with E-state index in [1.807, 2.05) is 51.1 Å². The van der Waals surface area contributed by atoms with Crippen LogP contribution in [0, 0.1) is 0 Å². The minimum absolute atomic E-state index is 0.237. The zero-order valence-corrected chi connectivity index (χ0v) is 35.5. The Morgan fingerprint density at radius 1 is 0.661 bits per heavy atom. The normalized spacial score (nSPS) is 15.9. The molecule has 7 N–H and O–H groups in total. The van der Waals surface area contributed by atoms with Gasteiger partial charge in [-0.3, -0.25) is 11.3 Å². The lowest BCUT2D eigenvalue weighted by atomic mass is 9.79. The molecule has 1 atom stereocenters. The van der Waals surface area contributed by atoms with Crippen LogP contribution in [0.4, 0.5) is 11.4 Å². The van der Waals surface area contributed by atoms with Gasteiger partial charge in [0.15, 0.2) is 0 Å². The van der Waals surface area contributed by atoms with Crippen LogP contribution in [-0.2, 0) is 25.7 Å². The fourth-order valence-electron chi connectivity index (χ4n) is 8.23. The zero-order chi connectivity index (χ0) is 41.4. The van der Waals surface area contributed by atoms with Crippen LogP contribution >= 0.6 is 0 Å². The number of anilines is 2. The Balaban J connectivity index is 0.000000424. The van der Waals surface area contributed by atoms with Crippen LogP contribution < -0.4 is 22.7 Å². The number of nitrogens with one attached hydrogen (secondary N) is 1. The quantitative estimate of drug-likeness (QED) is 0.0693. The van der Waals surface area contributed by atoms with E-state index in [9.17, 15) is 0 Å². The van der Waals surface area contributed by atoms with E-state index < -0.39 is 0 Å². The van der Waals surface area contributed by atoms with E-state index in [0.29, 0.717) is 11.4 Å². The van der Waals surface area contributed by atoms with Crippen molar-refractivity contribution in [1.82, 2.24) is 5.43 Å². The number of hydrogen-bond acceptors (Lipinski definition) is 4. The Morgan fingerprint density at radius 2 is 1.32 bits per heavy atom. The highest BCUT2D eigenvalue weighted by molar-refractivity contribution is 5.84. The summed E-state index contributed by atoms with van der Waals surface area (Å²) in [5.41, 5.74) is 34.6. The number of nitrogen functional groups attached to an aromatic ring is 2. The molecule has 304 valence electrons. The number of rotatable bonds is 11. The predicted octanol–water partition coefficient (Wildman–Crippen LogP) is 13.3. The van der Waals surface area contributed by atoms with Gasteiger partial charge in [-0.1, -0.05) is 165 Å². The lowest BCUT2D eigenvalue weighted by molar-refractivity contribution is 0.602. The second-order valence-electron chi connectivity index (χ2n) is 15.6. The standard InChI is InChI=1S/C45H46N2.C8H12N2.C2H6/c46-44-37(15-8-12-32-20-22-35(23-21-32)30-34-10-2-1-3-11-34)28-29-38(45(44)47)16-9-13-33-24-26-36(27-25-33)43-31-39-14-4-5-17-40(39)41-18-6-7-19-42(41)43;1-7(10-9)8-5-3-2-4-6-8;1-2/h2,4,7-11,14-16,19-24,26,28-29,31H,1,3,5-6,12-13,17-18,25,27,30,46-47H2;2-7,10H,9H2,1H3;1-2H3/b15-8-,16-9-;;. The highest BCUT2D eigenvalue weighted by Crippen LogP contribution is 2.39. The van der Waals surface area contributed by atoms with Crippen LogP contribution in [0.1, 0.15) is 127 Å². The van der Waals surface area contributed by atoms with Crippen molar-refractivity contribution in [2.24, 2.45) is 5.84 Å².